The summed E-state index contributed by atoms with van der Waals surface area (Å²) in [4.78, 5) is 2.20. The standard InChI is InChI=1S/C19H17F3N6S2/c1-27-15-9-16(28-6-2-3-7-28)24-25-17(15)30-18(26-27)29-11-12-4-5-14(19(20,21)22)8-13(12)10-23/h4-5,8-9H,2-3,6-7,11H2,1H3. The Bertz CT molecular complexity index is 1030. The second-order valence-corrected chi connectivity index (χ2v) is 9.05. The van der Waals surface area contributed by atoms with E-state index in [4.69, 9.17) is 0 Å². The maximum absolute atomic E-state index is 12.9. The van der Waals surface area contributed by atoms with Crippen molar-refractivity contribution in [3.63, 3.8) is 0 Å². The van der Waals surface area contributed by atoms with Crippen LogP contribution < -0.4 is 9.91 Å². The van der Waals surface area contributed by atoms with Gasteiger partial charge in [0.25, 0.3) is 0 Å². The average Bonchev–Trinajstić information content (AvgIpc) is 3.26. The first kappa shape index (κ1) is 20.8. The molecular weight excluding hydrogens is 433 g/mol. The molecule has 3 heterocycles. The van der Waals surface area contributed by atoms with Crippen molar-refractivity contribution in [2.24, 2.45) is 5.10 Å². The molecule has 1 saturated heterocycles. The molecule has 0 spiro atoms. The quantitative estimate of drug-likeness (QED) is 0.671. The Morgan fingerprint density at radius 2 is 1.97 bits per heavy atom. The van der Waals surface area contributed by atoms with Gasteiger partial charge >= 0.3 is 6.18 Å². The molecule has 0 amide bonds. The van der Waals surface area contributed by atoms with Gasteiger partial charge in [0.2, 0.25) is 0 Å². The highest BCUT2D eigenvalue weighted by molar-refractivity contribution is 8.38. The molecular formula is C19H17F3N6S2. The third kappa shape index (κ3) is 4.34. The minimum Gasteiger partial charge on any atom is -0.355 e. The van der Waals surface area contributed by atoms with Crippen LogP contribution in [0.25, 0.3) is 0 Å². The third-order valence-corrected chi connectivity index (χ3v) is 6.96. The number of aromatic nitrogens is 2. The maximum atomic E-state index is 12.9. The van der Waals surface area contributed by atoms with Gasteiger partial charge in [0.05, 0.1) is 22.9 Å². The van der Waals surface area contributed by atoms with Crippen molar-refractivity contribution < 1.29 is 13.2 Å². The zero-order valence-electron chi connectivity index (χ0n) is 16.0. The first-order valence-corrected chi connectivity index (χ1v) is 11.0. The summed E-state index contributed by atoms with van der Waals surface area (Å²) in [5.41, 5.74) is 0.591. The fraction of sp³-hybridized carbons (Fsp3) is 0.368. The molecule has 0 unspecified atom stereocenters. The van der Waals surface area contributed by atoms with E-state index >= 15 is 0 Å². The van der Waals surface area contributed by atoms with Crippen LogP contribution in [0, 0.1) is 11.3 Å². The van der Waals surface area contributed by atoms with Crippen molar-refractivity contribution in [1.82, 2.24) is 10.2 Å². The normalized spacial score (nSPS) is 16.3. The maximum Gasteiger partial charge on any atom is 0.416 e. The number of hydrazone groups is 1. The number of halogens is 3. The lowest BCUT2D eigenvalue weighted by Crippen LogP contribution is -2.22. The van der Waals surface area contributed by atoms with E-state index in [0.717, 1.165) is 54.6 Å². The van der Waals surface area contributed by atoms with Crippen LogP contribution in [0.3, 0.4) is 0 Å². The number of nitrogens with zero attached hydrogens (tertiary/aromatic N) is 6. The number of hydrogen-bond acceptors (Lipinski definition) is 8. The molecule has 0 aliphatic carbocycles. The summed E-state index contributed by atoms with van der Waals surface area (Å²) in [6.07, 6.45) is -2.17. The highest BCUT2D eigenvalue weighted by Crippen LogP contribution is 2.39. The lowest BCUT2D eigenvalue weighted by atomic mass is 10.1. The Morgan fingerprint density at radius 1 is 1.20 bits per heavy atom. The highest BCUT2D eigenvalue weighted by atomic mass is 32.2. The Balaban J connectivity index is 1.47. The molecule has 1 aromatic carbocycles. The first-order chi connectivity index (χ1) is 14.3. The van der Waals surface area contributed by atoms with E-state index in [1.165, 1.54) is 29.6 Å². The Kier molecular flexibility index (Phi) is 5.79. The zero-order valence-corrected chi connectivity index (χ0v) is 17.6. The van der Waals surface area contributed by atoms with Crippen LogP contribution in [0.1, 0.15) is 29.5 Å². The summed E-state index contributed by atoms with van der Waals surface area (Å²) < 4.78 is 39.3. The van der Waals surface area contributed by atoms with Crippen LogP contribution in [0.5, 0.6) is 0 Å². The third-order valence-electron chi connectivity index (χ3n) is 4.83. The van der Waals surface area contributed by atoms with E-state index in [9.17, 15) is 18.4 Å². The van der Waals surface area contributed by atoms with Gasteiger partial charge in [-0.15, -0.1) is 10.2 Å². The smallest absolute Gasteiger partial charge is 0.355 e. The predicted octanol–water partition coefficient (Wildman–Crippen LogP) is 4.71. The van der Waals surface area contributed by atoms with Gasteiger partial charge in [-0.2, -0.15) is 23.5 Å². The van der Waals surface area contributed by atoms with Crippen LogP contribution in [0.4, 0.5) is 24.7 Å². The molecule has 1 aromatic heterocycles. The second-order valence-electron chi connectivity index (χ2n) is 6.85. The number of hydrogen-bond donors (Lipinski definition) is 0. The van der Waals surface area contributed by atoms with Crippen molar-refractivity contribution in [1.29, 1.82) is 5.26 Å². The lowest BCUT2D eigenvalue weighted by Gasteiger charge is -2.24. The minimum atomic E-state index is -4.47. The summed E-state index contributed by atoms with van der Waals surface area (Å²) in [7, 11) is 1.83. The van der Waals surface area contributed by atoms with Crippen molar-refractivity contribution in [2.45, 2.75) is 29.8 Å². The summed E-state index contributed by atoms with van der Waals surface area (Å²) in [6, 6.07) is 7.07. The fourth-order valence-corrected chi connectivity index (χ4v) is 5.29. The molecule has 6 nitrogen and oxygen atoms in total. The van der Waals surface area contributed by atoms with Gasteiger partial charge in [-0.1, -0.05) is 17.8 Å². The van der Waals surface area contributed by atoms with E-state index in [-0.39, 0.29) is 5.56 Å². The fourth-order valence-electron chi connectivity index (χ4n) is 3.23. The minimum absolute atomic E-state index is 0.0162. The number of thioether (sulfide) groups is 2. The number of anilines is 2. The van der Waals surface area contributed by atoms with E-state index in [2.05, 4.69) is 20.2 Å². The SMILES string of the molecule is CN1N=C(SCc2ccc(C(F)(F)F)cc2C#N)Sc2nnc(N3CCCC3)cc21. The number of alkyl halides is 3. The molecule has 4 rings (SSSR count). The van der Waals surface area contributed by atoms with Gasteiger partial charge in [0.15, 0.2) is 15.2 Å². The Morgan fingerprint density at radius 3 is 2.67 bits per heavy atom. The highest BCUT2D eigenvalue weighted by Gasteiger charge is 2.31. The average molecular weight is 451 g/mol. The molecule has 156 valence electrons. The Labute approximate surface area is 180 Å². The largest absolute Gasteiger partial charge is 0.416 e. The molecule has 0 radical (unpaired) electrons. The molecule has 11 heteroatoms. The summed E-state index contributed by atoms with van der Waals surface area (Å²) >= 11 is 2.72. The summed E-state index contributed by atoms with van der Waals surface area (Å²) in [5, 5.41) is 24.9. The molecule has 30 heavy (non-hydrogen) atoms. The first-order valence-electron chi connectivity index (χ1n) is 9.21. The van der Waals surface area contributed by atoms with Gasteiger partial charge in [-0.25, -0.2) is 0 Å². The number of nitriles is 1. The number of fused-ring (bicyclic) bond motifs is 1. The van der Waals surface area contributed by atoms with Crippen molar-refractivity contribution in [3.05, 3.63) is 41.0 Å². The monoisotopic (exact) mass is 450 g/mol. The van der Waals surface area contributed by atoms with Gasteiger partial charge in [-0.05, 0) is 42.3 Å². The molecule has 1 fully saturated rings. The van der Waals surface area contributed by atoms with Crippen molar-refractivity contribution >= 4 is 39.4 Å². The van der Waals surface area contributed by atoms with Gasteiger partial charge in [-0.3, -0.25) is 5.01 Å². The lowest BCUT2D eigenvalue weighted by molar-refractivity contribution is -0.137. The zero-order chi connectivity index (χ0) is 21.3. The molecule has 0 bridgehead atoms. The van der Waals surface area contributed by atoms with Gasteiger partial charge in [0.1, 0.15) is 0 Å². The van der Waals surface area contributed by atoms with E-state index in [1.54, 1.807) is 5.01 Å². The van der Waals surface area contributed by atoms with Gasteiger partial charge < -0.3 is 4.90 Å². The second kappa shape index (κ2) is 8.35. The van der Waals surface area contributed by atoms with Crippen molar-refractivity contribution in [2.75, 3.05) is 30.0 Å². The van der Waals surface area contributed by atoms with Crippen LogP contribution >= 0.6 is 23.5 Å². The molecule has 2 aromatic rings. The van der Waals surface area contributed by atoms with Crippen LogP contribution in [0.15, 0.2) is 34.4 Å². The van der Waals surface area contributed by atoms with Gasteiger partial charge in [0, 0.05) is 32.0 Å². The molecule has 0 saturated carbocycles. The van der Waals surface area contributed by atoms with E-state index in [0.29, 0.717) is 15.7 Å². The van der Waals surface area contributed by atoms with Crippen LogP contribution in [0.2, 0.25) is 0 Å². The Hall–Kier alpha value is -2.45. The summed E-state index contributed by atoms with van der Waals surface area (Å²) in [5.74, 6) is 1.17. The number of benzene rings is 1. The molecule has 0 N–H and O–H groups in total. The van der Waals surface area contributed by atoms with E-state index in [1.807, 2.05) is 19.2 Å². The van der Waals surface area contributed by atoms with Crippen LogP contribution in [-0.2, 0) is 11.9 Å². The predicted molar refractivity (Wildman–Crippen MR) is 113 cm³/mol. The summed E-state index contributed by atoms with van der Waals surface area (Å²) in [6.45, 7) is 1.95. The van der Waals surface area contributed by atoms with Crippen molar-refractivity contribution in [3.8, 4) is 6.07 Å². The molecule has 2 aliphatic heterocycles. The van der Waals surface area contributed by atoms with E-state index < -0.39 is 11.7 Å². The van der Waals surface area contributed by atoms with Crippen LogP contribution in [-0.4, -0.2) is 34.7 Å². The topological polar surface area (TPSA) is 68.4 Å². The molecule has 0 atom stereocenters. The number of rotatable bonds is 3. The molecule has 2 aliphatic rings.